The van der Waals surface area contributed by atoms with E-state index in [1.54, 1.807) is 43.5 Å². The molecule has 0 saturated carbocycles. The molecule has 0 aromatic heterocycles. The van der Waals surface area contributed by atoms with Gasteiger partial charge in [0.1, 0.15) is 17.6 Å². The van der Waals surface area contributed by atoms with Crippen molar-refractivity contribution >= 4 is 0 Å². The van der Waals surface area contributed by atoms with Crippen molar-refractivity contribution in [2.45, 2.75) is 19.6 Å². The maximum atomic E-state index is 12.4. The van der Waals surface area contributed by atoms with Crippen LogP contribution in [0.3, 0.4) is 0 Å². The van der Waals surface area contributed by atoms with E-state index in [1.165, 1.54) is 6.07 Å². The first kappa shape index (κ1) is 15.3. The number of methoxy groups -OCH3 is 1. The number of aliphatic hydroxyl groups excluding tert-OH is 1. The molecule has 0 aliphatic rings. The van der Waals surface area contributed by atoms with Crippen molar-refractivity contribution in [2.24, 2.45) is 0 Å². The van der Waals surface area contributed by atoms with Crippen molar-refractivity contribution in [3.63, 3.8) is 0 Å². The van der Waals surface area contributed by atoms with Crippen LogP contribution in [0.5, 0.6) is 11.5 Å². The van der Waals surface area contributed by atoms with E-state index in [1.807, 2.05) is 6.92 Å². The van der Waals surface area contributed by atoms with Crippen LogP contribution in [0.2, 0.25) is 0 Å². The molecular weight excluding hydrogens is 278 g/mol. The Morgan fingerprint density at radius 2 is 1.76 bits per heavy atom. The Labute approximate surface area is 121 Å². The van der Waals surface area contributed by atoms with E-state index in [0.29, 0.717) is 16.9 Å². The molecule has 3 nitrogen and oxygen atoms in total. The van der Waals surface area contributed by atoms with E-state index in [4.69, 9.17) is 4.74 Å². The molecule has 0 bridgehead atoms. The number of para-hydroxylation sites is 1. The Morgan fingerprint density at radius 1 is 1.05 bits per heavy atom. The lowest BCUT2D eigenvalue weighted by Gasteiger charge is -2.17. The molecule has 1 atom stereocenters. The van der Waals surface area contributed by atoms with Crippen molar-refractivity contribution < 1.29 is 23.4 Å². The van der Waals surface area contributed by atoms with Crippen LogP contribution in [0.1, 0.15) is 22.8 Å². The van der Waals surface area contributed by atoms with E-state index in [9.17, 15) is 13.9 Å². The average molecular weight is 294 g/mol. The monoisotopic (exact) mass is 294 g/mol. The number of aryl methyl sites for hydroxylation is 1. The maximum absolute atomic E-state index is 12.4. The Bertz CT molecular complexity index is 614. The van der Waals surface area contributed by atoms with Gasteiger partial charge in [0.05, 0.1) is 7.11 Å². The van der Waals surface area contributed by atoms with Gasteiger partial charge in [-0.2, -0.15) is 8.78 Å². The summed E-state index contributed by atoms with van der Waals surface area (Å²) in [4.78, 5) is 0. The summed E-state index contributed by atoms with van der Waals surface area (Å²) in [6.45, 7) is -1.09. The number of aliphatic hydroxyl groups is 1. The second-order valence-corrected chi connectivity index (χ2v) is 4.55. The molecule has 2 aromatic rings. The molecule has 1 unspecified atom stereocenters. The van der Waals surface area contributed by atoms with E-state index < -0.39 is 12.7 Å². The number of alkyl halides is 2. The molecule has 0 amide bonds. The number of hydrogen-bond donors (Lipinski definition) is 1. The summed E-state index contributed by atoms with van der Waals surface area (Å²) in [5, 5.41) is 10.4. The lowest BCUT2D eigenvalue weighted by atomic mass is 9.99. The third kappa shape index (κ3) is 3.49. The highest BCUT2D eigenvalue weighted by molar-refractivity contribution is 5.43. The fourth-order valence-electron chi connectivity index (χ4n) is 2.16. The fourth-order valence-corrected chi connectivity index (χ4v) is 2.16. The van der Waals surface area contributed by atoms with Gasteiger partial charge in [0.15, 0.2) is 0 Å². The zero-order valence-electron chi connectivity index (χ0n) is 11.7. The molecule has 21 heavy (non-hydrogen) atoms. The lowest BCUT2D eigenvalue weighted by molar-refractivity contribution is -0.0512. The predicted octanol–water partition coefficient (Wildman–Crippen LogP) is 3.69. The molecule has 1 N–H and O–H groups in total. The van der Waals surface area contributed by atoms with Gasteiger partial charge in [0.25, 0.3) is 0 Å². The second-order valence-electron chi connectivity index (χ2n) is 4.55. The average Bonchev–Trinajstić information content (AvgIpc) is 2.46. The minimum absolute atomic E-state index is 0.0338. The Kier molecular flexibility index (Phi) is 4.75. The SMILES string of the molecule is COc1ccc(C(O)c2ccccc2OC(F)F)cc1C. The lowest BCUT2D eigenvalue weighted by Crippen LogP contribution is -2.08. The molecule has 0 spiro atoms. The standard InChI is InChI=1S/C16H16F2O3/c1-10-9-11(7-8-13(10)20-2)15(19)12-5-3-4-6-14(12)21-16(17)18/h3-9,15-16,19H,1-2H3. The zero-order chi connectivity index (χ0) is 15.4. The van der Waals surface area contributed by atoms with Crippen LogP contribution in [0.25, 0.3) is 0 Å². The van der Waals surface area contributed by atoms with Crippen molar-refractivity contribution in [3.8, 4) is 11.5 Å². The second kappa shape index (κ2) is 6.54. The van der Waals surface area contributed by atoms with Crippen LogP contribution >= 0.6 is 0 Å². The van der Waals surface area contributed by atoms with Gasteiger partial charge in [0, 0.05) is 5.56 Å². The molecule has 0 radical (unpaired) electrons. The summed E-state index contributed by atoms with van der Waals surface area (Å²) in [7, 11) is 1.56. The molecule has 0 heterocycles. The van der Waals surface area contributed by atoms with Gasteiger partial charge in [-0.05, 0) is 36.2 Å². The van der Waals surface area contributed by atoms with Gasteiger partial charge in [0.2, 0.25) is 0 Å². The van der Waals surface area contributed by atoms with Gasteiger partial charge < -0.3 is 14.6 Å². The van der Waals surface area contributed by atoms with Gasteiger partial charge >= 0.3 is 6.61 Å². The van der Waals surface area contributed by atoms with Crippen molar-refractivity contribution in [3.05, 3.63) is 59.2 Å². The van der Waals surface area contributed by atoms with Crippen LogP contribution in [-0.4, -0.2) is 18.8 Å². The van der Waals surface area contributed by atoms with Crippen LogP contribution in [0.4, 0.5) is 8.78 Å². The molecular formula is C16H16F2O3. The Morgan fingerprint density at radius 3 is 2.38 bits per heavy atom. The van der Waals surface area contributed by atoms with Gasteiger partial charge in [-0.25, -0.2) is 0 Å². The highest BCUT2D eigenvalue weighted by Crippen LogP contribution is 2.32. The summed E-state index contributed by atoms with van der Waals surface area (Å²) in [6, 6.07) is 11.4. The van der Waals surface area contributed by atoms with Crippen molar-refractivity contribution in [1.29, 1.82) is 0 Å². The molecule has 0 aliphatic heterocycles. The molecule has 0 saturated heterocycles. The summed E-state index contributed by atoms with van der Waals surface area (Å²) in [5.41, 5.74) is 1.72. The highest BCUT2D eigenvalue weighted by Gasteiger charge is 2.18. The number of halogens is 2. The normalized spacial score (nSPS) is 12.3. The number of rotatable bonds is 5. The largest absolute Gasteiger partial charge is 0.496 e. The number of hydrogen-bond acceptors (Lipinski definition) is 3. The smallest absolute Gasteiger partial charge is 0.387 e. The summed E-state index contributed by atoms with van der Waals surface area (Å²) in [6.07, 6.45) is -1.05. The van der Waals surface area contributed by atoms with Crippen LogP contribution in [0.15, 0.2) is 42.5 Å². The first-order chi connectivity index (χ1) is 10.0. The van der Waals surface area contributed by atoms with Gasteiger partial charge in [-0.1, -0.05) is 24.3 Å². The minimum atomic E-state index is -2.93. The molecule has 0 fully saturated rings. The summed E-state index contributed by atoms with van der Waals surface area (Å²) in [5.74, 6) is 0.663. The Balaban J connectivity index is 2.35. The minimum Gasteiger partial charge on any atom is -0.496 e. The number of ether oxygens (including phenoxy) is 2. The fraction of sp³-hybridized carbons (Fsp3) is 0.250. The first-order valence-corrected chi connectivity index (χ1v) is 6.39. The van der Waals surface area contributed by atoms with Gasteiger partial charge in [-0.3, -0.25) is 0 Å². The maximum Gasteiger partial charge on any atom is 0.387 e. The summed E-state index contributed by atoms with van der Waals surface area (Å²) < 4.78 is 34.4. The highest BCUT2D eigenvalue weighted by atomic mass is 19.3. The van der Waals surface area contributed by atoms with E-state index in [2.05, 4.69) is 4.74 Å². The quantitative estimate of drug-likeness (QED) is 0.914. The van der Waals surface area contributed by atoms with Gasteiger partial charge in [-0.15, -0.1) is 0 Å². The summed E-state index contributed by atoms with van der Waals surface area (Å²) >= 11 is 0. The van der Waals surface area contributed by atoms with Crippen LogP contribution in [0, 0.1) is 6.92 Å². The van der Waals surface area contributed by atoms with Crippen LogP contribution < -0.4 is 9.47 Å². The topological polar surface area (TPSA) is 38.7 Å². The van der Waals surface area contributed by atoms with E-state index >= 15 is 0 Å². The van der Waals surface area contributed by atoms with Crippen molar-refractivity contribution in [1.82, 2.24) is 0 Å². The van der Waals surface area contributed by atoms with Crippen LogP contribution in [-0.2, 0) is 0 Å². The Hall–Kier alpha value is -2.14. The van der Waals surface area contributed by atoms with E-state index in [-0.39, 0.29) is 5.75 Å². The first-order valence-electron chi connectivity index (χ1n) is 6.39. The zero-order valence-corrected chi connectivity index (χ0v) is 11.7. The molecule has 5 heteroatoms. The molecule has 112 valence electrons. The number of benzene rings is 2. The molecule has 0 aliphatic carbocycles. The van der Waals surface area contributed by atoms with Crippen molar-refractivity contribution in [2.75, 3.05) is 7.11 Å². The van der Waals surface area contributed by atoms with E-state index in [0.717, 1.165) is 5.56 Å². The third-order valence-electron chi connectivity index (χ3n) is 3.16. The molecule has 2 aromatic carbocycles. The molecule has 2 rings (SSSR count). The predicted molar refractivity (Wildman–Crippen MR) is 74.9 cm³/mol. The third-order valence-corrected chi connectivity index (χ3v) is 3.16.